The summed E-state index contributed by atoms with van der Waals surface area (Å²) in [7, 11) is 0. The Morgan fingerprint density at radius 1 is 0.844 bits per heavy atom. The molecule has 0 bridgehead atoms. The number of hydrogen-bond acceptors (Lipinski definition) is 4. The van der Waals surface area contributed by atoms with E-state index in [1.807, 2.05) is 32.0 Å². The van der Waals surface area contributed by atoms with Gasteiger partial charge in [0.1, 0.15) is 5.92 Å². The van der Waals surface area contributed by atoms with E-state index >= 15 is 0 Å². The van der Waals surface area contributed by atoms with Crippen molar-refractivity contribution in [1.82, 2.24) is 0 Å². The Morgan fingerprint density at radius 2 is 1.59 bits per heavy atom. The van der Waals surface area contributed by atoms with E-state index in [-0.39, 0.29) is 0 Å². The van der Waals surface area contributed by atoms with Gasteiger partial charge < -0.3 is 0 Å². The van der Waals surface area contributed by atoms with Crippen LogP contribution in [-0.2, 0) is 14.4 Å². The molecule has 5 nitrogen and oxygen atoms in total. The number of benzene rings is 3. The van der Waals surface area contributed by atoms with Gasteiger partial charge in [0.05, 0.1) is 17.4 Å². The SMILES string of the molecule is Cc1ccc(N2C(=O)[C@H]3[C@H](ON(c4ccccc4)[C@@H]3c3ccc(F)c(F)c3)C2=O)c(C)c1. The number of hydroxylamine groups is 1. The maximum absolute atomic E-state index is 14.1. The van der Waals surface area contributed by atoms with E-state index in [0.717, 1.165) is 28.2 Å². The second kappa shape index (κ2) is 7.53. The first-order valence-corrected chi connectivity index (χ1v) is 10.3. The largest absolute Gasteiger partial charge is 0.273 e. The smallest absolute Gasteiger partial charge is 0.266 e. The summed E-state index contributed by atoms with van der Waals surface area (Å²) >= 11 is 0. The number of carbonyl (C=O) groups excluding carboxylic acids is 2. The predicted molar refractivity (Wildman–Crippen MR) is 115 cm³/mol. The molecule has 3 aromatic rings. The first-order valence-electron chi connectivity index (χ1n) is 10.3. The van der Waals surface area contributed by atoms with Gasteiger partial charge in [-0.15, -0.1) is 0 Å². The highest BCUT2D eigenvalue weighted by Gasteiger charge is 2.60. The summed E-state index contributed by atoms with van der Waals surface area (Å²) in [6, 6.07) is 17.1. The molecule has 2 saturated heterocycles. The van der Waals surface area contributed by atoms with Crippen molar-refractivity contribution in [1.29, 1.82) is 0 Å². The molecule has 2 heterocycles. The lowest BCUT2D eigenvalue weighted by atomic mass is 9.90. The fourth-order valence-corrected chi connectivity index (χ4v) is 4.54. The van der Waals surface area contributed by atoms with Gasteiger partial charge in [0.2, 0.25) is 5.91 Å². The Bertz CT molecular complexity index is 1230. The van der Waals surface area contributed by atoms with Crippen molar-refractivity contribution in [3.8, 4) is 0 Å². The van der Waals surface area contributed by atoms with Gasteiger partial charge in [-0.25, -0.2) is 18.7 Å². The Labute approximate surface area is 183 Å². The van der Waals surface area contributed by atoms with Crippen LogP contribution in [0.15, 0.2) is 66.7 Å². The normalized spacial score (nSPS) is 22.6. The molecule has 3 atom stereocenters. The van der Waals surface area contributed by atoms with Gasteiger partial charge in [0.25, 0.3) is 5.91 Å². The fourth-order valence-electron chi connectivity index (χ4n) is 4.54. The van der Waals surface area contributed by atoms with Crippen LogP contribution in [0.3, 0.4) is 0 Å². The lowest BCUT2D eigenvalue weighted by Gasteiger charge is -2.29. The molecule has 2 fully saturated rings. The van der Waals surface area contributed by atoms with Crippen LogP contribution >= 0.6 is 0 Å². The molecule has 0 aromatic heterocycles. The molecule has 0 saturated carbocycles. The van der Waals surface area contributed by atoms with Crippen LogP contribution in [0.2, 0.25) is 0 Å². The van der Waals surface area contributed by atoms with Crippen molar-refractivity contribution in [3.05, 3.63) is 95.1 Å². The predicted octanol–water partition coefficient (Wildman–Crippen LogP) is 4.63. The number of carbonyl (C=O) groups is 2. The van der Waals surface area contributed by atoms with Crippen LogP contribution in [0.25, 0.3) is 0 Å². The van der Waals surface area contributed by atoms with E-state index in [0.29, 0.717) is 16.9 Å². The summed E-state index contributed by atoms with van der Waals surface area (Å²) in [5, 5.41) is 1.46. The van der Waals surface area contributed by atoms with E-state index in [1.165, 1.54) is 11.1 Å². The number of rotatable bonds is 3. The molecule has 0 N–H and O–H groups in total. The standard InChI is InChI=1S/C25H20F2N2O3/c1-14-8-11-20(15(2)12-14)28-24(30)21-22(16-9-10-18(26)19(27)13-16)29(32-23(21)25(28)31)17-6-4-3-5-7-17/h3-13,21-23H,1-2H3/t21-,22-,23+/m1/s1. The van der Waals surface area contributed by atoms with Crippen LogP contribution in [0.4, 0.5) is 20.2 Å². The number of hydrogen-bond donors (Lipinski definition) is 0. The third kappa shape index (κ3) is 3.08. The summed E-state index contributed by atoms with van der Waals surface area (Å²) in [6.07, 6.45) is -1.07. The third-order valence-corrected chi connectivity index (χ3v) is 6.00. The monoisotopic (exact) mass is 434 g/mol. The molecule has 2 amide bonds. The molecule has 162 valence electrons. The topological polar surface area (TPSA) is 49.9 Å². The Balaban J connectivity index is 1.61. The number of nitrogens with zero attached hydrogens (tertiary/aromatic N) is 2. The molecule has 2 aliphatic heterocycles. The minimum atomic E-state index is -1.07. The number of amides is 2. The summed E-state index contributed by atoms with van der Waals surface area (Å²) in [6.45, 7) is 3.76. The van der Waals surface area contributed by atoms with Crippen molar-refractivity contribution >= 4 is 23.2 Å². The Hall–Kier alpha value is -3.58. The summed E-state index contributed by atoms with van der Waals surface area (Å²) in [5.74, 6) is -3.82. The molecule has 2 aliphatic rings. The number of fused-ring (bicyclic) bond motifs is 1. The van der Waals surface area contributed by atoms with E-state index in [9.17, 15) is 18.4 Å². The van der Waals surface area contributed by atoms with Gasteiger partial charge in [-0.3, -0.25) is 14.4 Å². The number of halogens is 2. The van der Waals surface area contributed by atoms with Crippen LogP contribution in [0, 0.1) is 31.4 Å². The van der Waals surface area contributed by atoms with Crippen molar-refractivity contribution in [2.24, 2.45) is 5.92 Å². The molecule has 0 spiro atoms. The van der Waals surface area contributed by atoms with Crippen LogP contribution < -0.4 is 9.96 Å². The fraction of sp³-hybridized carbons (Fsp3) is 0.200. The average molecular weight is 434 g/mol. The zero-order valence-corrected chi connectivity index (χ0v) is 17.5. The summed E-state index contributed by atoms with van der Waals surface area (Å²) in [5.41, 5.74) is 3.26. The molecular formula is C25H20F2N2O3. The molecule has 32 heavy (non-hydrogen) atoms. The van der Waals surface area contributed by atoms with Crippen LogP contribution in [0.5, 0.6) is 0 Å². The minimum Gasteiger partial charge on any atom is -0.273 e. The van der Waals surface area contributed by atoms with Gasteiger partial charge in [0.15, 0.2) is 17.7 Å². The molecule has 0 unspecified atom stereocenters. The molecule has 3 aromatic carbocycles. The van der Waals surface area contributed by atoms with Crippen LogP contribution in [-0.4, -0.2) is 17.9 Å². The van der Waals surface area contributed by atoms with Gasteiger partial charge >= 0.3 is 0 Å². The highest BCUT2D eigenvalue weighted by Crippen LogP contribution is 2.48. The maximum atomic E-state index is 14.1. The van der Waals surface area contributed by atoms with Gasteiger partial charge in [-0.2, -0.15) is 0 Å². The van der Waals surface area contributed by atoms with E-state index in [1.54, 1.807) is 30.3 Å². The molecule has 7 heteroatoms. The zero-order valence-electron chi connectivity index (χ0n) is 17.5. The second-order valence-corrected chi connectivity index (χ2v) is 8.13. The number of imide groups is 1. The first-order chi connectivity index (χ1) is 15.4. The van der Waals surface area contributed by atoms with Crippen molar-refractivity contribution in [2.75, 3.05) is 9.96 Å². The van der Waals surface area contributed by atoms with E-state index in [4.69, 9.17) is 4.84 Å². The van der Waals surface area contributed by atoms with Gasteiger partial charge in [-0.1, -0.05) is 42.0 Å². The maximum Gasteiger partial charge on any atom is 0.266 e. The number of aryl methyl sites for hydroxylation is 2. The van der Waals surface area contributed by atoms with Crippen molar-refractivity contribution < 1.29 is 23.2 Å². The van der Waals surface area contributed by atoms with E-state index in [2.05, 4.69) is 0 Å². The lowest BCUT2D eigenvalue weighted by Crippen LogP contribution is -2.37. The zero-order chi connectivity index (χ0) is 22.6. The molecule has 0 radical (unpaired) electrons. The second-order valence-electron chi connectivity index (χ2n) is 8.13. The van der Waals surface area contributed by atoms with Gasteiger partial charge in [0, 0.05) is 0 Å². The van der Waals surface area contributed by atoms with E-state index < -0.39 is 41.5 Å². The number of anilines is 2. The Morgan fingerprint density at radius 3 is 2.28 bits per heavy atom. The molecule has 5 rings (SSSR count). The summed E-state index contributed by atoms with van der Waals surface area (Å²) in [4.78, 5) is 34.1. The van der Waals surface area contributed by atoms with Crippen molar-refractivity contribution in [3.63, 3.8) is 0 Å². The highest BCUT2D eigenvalue weighted by atomic mass is 19.2. The Kier molecular flexibility index (Phi) is 4.78. The first kappa shape index (κ1) is 20.3. The average Bonchev–Trinajstić information content (AvgIpc) is 3.28. The quantitative estimate of drug-likeness (QED) is 0.564. The molecule has 0 aliphatic carbocycles. The molecular weight excluding hydrogens is 414 g/mol. The highest BCUT2D eigenvalue weighted by molar-refractivity contribution is 6.24. The van der Waals surface area contributed by atoms with Crippen molar-refractivity contribution in [2.45, 2.75) is 26.0 Å². The van der Waals surface area contributed by atoms with Crippen LogP contribution in [0.1, 0.15) is 22.7 Å². The minimum absolute atomic E-state index is 0.351. The van der Waals surface area contributed by atoms with Gasteiger partial charge in [-0.05, 0) is 55.3 Å². The summed E-state index contributed by atoms with van der Waals surface area (Å²) < 4.78 is 27.7. The number of para-hydroxylation sites is 1. The third-order valence-electron chi connectivity index (χ3n) is 6.00. The lowest BCUT2D eigenvalue weighted by molar-refractivity contribution is -0.126.